The molecule has 108 valence electrons. The Kier molecular flexibility index (Phi) is 4.32. The maximum atomic E-state index is 5.81. The third-order valence-corrected chi connectivity index (χ3v) is 5.64. The fourth-order valence-electron chi connectivity index (χ4n) is 3.08. The van der Waals surface area contributed by atoms with E-state index in [1.807, 2.05) is 23.9 Å². The highest BCUT2D eigenvalue weighted by Gasteiger charge is 2.35. The maximum Gasteiger partial charge on any atom is 0.118 e. The van der Waals surface area contributed by atoms with Crippen molar-refractivity contribution in [2.45, 2.75) is 37.0 Å². The molecule has 2 N–H and O–H groups in total. The summed E-state index contributed by atoms with van der Waals surface area (Å²) in [5.41, 5.74) is 7.12. The normalized spacial score (nSPS) is 28.9. The Morgan fingerprint density at radius 2 is 2.10 bits per heavy atom. The molecule has 0 aromatic heterocycles. The van der Waals surface area contributed by atoms with Gasteiger partial charge in [-0.25, -0.2) is 0 Å². The van der Waals surface area contributed by atoms with Gasteiger partial charge in [-0.15, -0.1) is 11.8 Å². The zero-order valence-electron chi connectivity index (χ0n) is 11.9. The summed E-state index contributed by atoms with van der Waals surface area (Å²) in [7, 11) is 1.70. The van der Waals surface area contributed by atoms with Crippen molar-refractivity contribution < 1.29 is 4.74 Å². The van der Waals surface area contributed by atoms with Crippen LogP contribution in [0.4, 0.5) is 0 Å². The number of ether oxygens (including phenoxy) is 1. The molecule has 0 spiro atoms. The Morgan fingerprint density at radius 3 is 2.80 bits per heavy atom. The highest BCUT2D eigenvalue weighted by Crippen LogP contribution is 2.40. The van der Waals surface area contributed by atoms with Gasteiger partial charge < -0.3 is 10.5 Å². The molecule has 0 saturated heterocycles. The van der Waals surface area contributed by atoms with Gasteiger partial charge in [0.05, 0.1) is 18.2 Å². The molecule has 1 fully saturated rings. The number of benzene rings is 1. The lowest BCUT2D eigenvalue weighted by atomic mass is 9.86. The molecule has 1 aromatic carbocycles. The van der Waals surface area contributed by atoms with Crippen LogP contribution in [0.3, 0.4) is 0 Å². The van der Waals surface area contributed by atoms with E-state index in [0.29, 0.717) is 17.2 Å². The molecular formula is C16H22N2OS. The third kappa shape index (κ3) is 3.01. The van der Waals surface area contributed by atoms with Crippen LogP contribution in [0.2, 0.25) is 0 Å². The Balaban J connectivity index is 1.61. The average molecular weight is 290 g/mol. The van der Waals surface area contributed by atoms with E-state index in [2.05, 4.69) is 12.1 Å². The first-order valence-electron chi connectivity index (χ1n) is 7.35. The molecule has 3 rings (SSSR count). The monoisotopic (exact) mass is 290 g/mol. The van der Waals surface area contributed by atoms with Crippen molar-refractivity contribution in [3.63, 3.8) is 0 Å². The van der Waals surface area contributed by atoms with Crippen LogP contribution < -0.4 is 10.5 Å². The Hall–Kier alpha value is -1.00. The van der Waals surface area contributed by atoms with Crippen molar-refractivity contribution in [2.75, 3.05) is 13.7 Å². The van der Waals surface area contributed by atoms with Crippen molar-refractivity contribution in [1.82, 2.24) is 0 Å². The second-order valence-electron chi connectivity index (χ2n) is 5.69. The predicted molar refractivity (Wildman–Crippen MR) is 85.7 cm³/mol. The quantitative estimate of drug-likeness (QED) is 0.927. The van der Waals surface area contributed by atoms with Gasteiger partial charge in [-0.3, -0.25) is 4.99 Å². The van der Waals surface area contributed by atoms with Gasteiger partial charge in [0.2, 0.25) is 0 Å². The first-order chi connectivity index (χ1) is 9.78. The second kappa shape index (κ2) is 6.19. The van der Waals surface area contributed by atoms with Gasteiger partial charge in [-0.1, -0.05) is 12.1 Å². The molecule has 0 bridgehead atoms. The molecule has 0 radical (unpaired) electrons. The van der Waals surface area contributed by atoms with Crippen LogP contribution in [0.25, 0.3) is 0 Å². The summed E-state index contributed by atoms with van der Waals surface area (Å²) < 4.78 is 5.19. The topological polar surface area (TPSA) is 47.6 Å². The molecule has 4 heteroatoms. The maximum absolute atomic E-state index is 5.81. The largest absolute Gasteiger partial charge is 0.497 e. The lowest BCUT2D eigenvalue weighted by Gasteiger charge is -2.28. The Morgan fingerprint density at radius 1 is 1.30 bits per heavy atom. The van der Waals surface area contributed by atoms with Crippen LogP contribution in [-0.4, -0.2) is 30.0 Å². The minimum Gasteiger partial charge on any atom is -0.497 e. The summed E-state index contributed by atoms with van der Waals surface area (Å²) in [4.78, 5) is 4.92. The van der Waals surface area contributed by atoms with Crippen LogP contribution in [0.15, 0.2) is 29.3 Å². The summed E-state index contributed by atoms with van der Waals surface area (Å²) >= 11 is 1.98. The molecule has 1 aliphatic carbocycles. The Bertz CT molecular complexity index is 486. The lowest BCUT2D eigenvalue weighted by molar-refractivity contribution is 0.347. The predicted octanol–water partition coefficient (Wildman–Crippen LogP) is 2.88. The van der Waals surface area contributed by atoms with E-state index in [1.165, 1.54) is 29.9 Å². The molecule has 1 saturated carbocycles. The molecule has 1 aromatic rings. The van der Waals surface area contributed by atoms with E-state index < -0.39 is 0 Å². The minimum atomic E-state index is 0.538. The smallest absolute Gasteiger partial charge is 0.118 e. The first-order valence-corrected chi connectivity index (χ1v) is 8.22. The van der Waals surface area contributed by atoms with Crippen LogP contribution in [0, 0.1) is 5.92 Å². The number of methoxy groups -OCH3 is 1. The molecule has 20 heavy (non-hydrogen) atoms. The van der Waals surface area contributed by atoms with Crippen molar-refractivity contribution in [2.24, 2.45) is 16.6 Å². The Labute approximate surface area is 125 Å². The highest BCUT2D eigenvalue weighted by atomic mass is 32.2. The average Bonchev–Trinajstić information content (AvgIpc) is 2.89. The summed E-state index contributed by atoms with van der Waals surface area (Å²) in [5, 5.41) is 1.97. The zero-order valence-corrected chi connectivity index (χ0v) is 12.7. The van der Waals surface area contributed by atoms with Gasteiger partial charge in [0, 0.05) is 11.7 Å². The number of nitrogens with zero attached hydrogens (tertiary/aromatic N) is 1. The van der Waals surface area contributed by atoms with Crippen molar-refractivity contribution in [3.8, 4) is 5.75 Å². The third-order valence-electron chi connectivity index (χ3n) is 4.31. The van der Waals surface area contributed by atoms with Crippen LogP contribution >= 0.6 is 11.8 Å². The van der Waals surface area contributed by atoms with Crippen molar-refractivity contribution >= 4 is 16.8 Å². The van der Waals surface area contributed by atoms with Crippen LogP contribution in [-0.2, 0) is 6.42 Å². The van der Waals surface area contributed by atoms with Gasteiger partial charge in [0.1, 0.15) is 5.75 Å². The summed E-state index contributed by atoms with van der Waals surface area (Å²) in [6.45, 7) is 0.831. The van der Waals surface area contributed by atoms with Crippen LogP contribution in [0.5, 0.6) is 5.75 Å². The molecule has 1 aliphatic heterocycles. The van der Waals surface area contributed by atoms with Crippen molar-refractivity contribution in [1.29, 1.82) is 0 Å². The number of hydrogen-bond acceptors (Lipinski definition) is 4. The molecule has 2 aliphatic rings. The van der Waals surface area contributed by atoms with Gasteiger partial charge in [-0.2, -0.15) is 0 Å². The van der Waals surface area contributed by atoms with Gasteiger partial charge in [-0.05, 0) is 49.4 Å². The molecule has 1 heterocycles. The summed E-state index contributed by atoms with van der Waals surface area (Å²) in [6.07, 6.45) is 4.65. The van der Waals surface area contributed by atoms with E-state index in [1.54, 1.807) is 7.11 Å². The summed E-state index contributed by atoms with van der Waals surface area (Å²) in [5.74, 6) is 1.62. The minimum absolute atomic E-state index is 0.538. The number of thioether (sulfide) groups is 1. The second-order valence-corrected chi connectivity index (χ2v) is 7.00. The van der Waals surface area contributed by atoms with Gasteiger partial charge >= 0.3 is 0 Å². The highest BCUT2D eigenvalue weighted by molar-refractivity contribution is 8.14. The van der Waals surface area contributed by atoms with E-state index in [4.69, 9.17) is 15.5 Å². The number of hydrogen-bond donors (Lipinski definition) is 1. The SMILES string of the molecule is COc1ccc(CC2=NC3CCC(CN)CC3S2)cc1. The first kappa shape index (κ1) is 14.0. The van der Waals surface area contributed by atoms with E-state index >= 15 is 0 Å². The van der Waals surface area contributed by atoms with Crippen LogP contribution in [0.1, 0.15) is 24.8 Å². The lowest BCUT2D eigenvalue weighted by Crippen LogP contribution is -2.31. The van der Waals surface area contributed by atoms with E-state index in [9.17, 15) is 0 Å². The standard InChI is InChI=1S/C16H22N2OS/c1-19-13-5-2-11(3-6-13)9-16-18-14-7-4-12(10-17)8-15(14)20-16/h2-3,5-6,12,14-15H,4,7-10,17H2,1H3. The molecule has 0 amide bonds. The zero-order chi connectivity index (χ0) is 13.9. The molecule has 3 nitrogen and oxygen atoms in total. The molecule has 3 unspecified atom stereocenters. The summed E-state index contributed by atoms with van der Waals surface area (Å²) in [6, 6.07) is 8.84. The fourth-order valence-corrected chi connectivity index (χ4v) is 4.60. The number of fused-ring (bicyclic) bond motifs is 1. The van der Waals surface area contributed by atoms with E-state index in [-0.39, 0.29) is 0 Å². The number of aliphatic imine (C=N–C) groups is 1. The van der Waals surface area contributed by atoms with Gasteiger partial charge in [0.15, 0.2) is 0 Å². The molecular weight excluding hydrogens is 268 g/mol. The fraction of sp³-hybridized carbons (Fsp3) is 0.562. The number of rotatable bonds is 4. The van der Waals surface area contributed by atoms with E-state index in [0.717, 1.165) is 18.7 Å². The van der Waals surface area contributed by atoms with Gasteiger partial charge in [0.25, 0.3) is 0 Å². The van der Waals surface area contributed by atoms with Crippen molar-refractivity contribution in [3.05, 3.63) is 29.8 Å². The molecule has 3 atom stereocenters. The number of nitrogens with two attached hydrogens (primary N) is 1.